The van der Waals surface area contributed by atoms with Crippen LogP contribution in [0.3, 0.4) is 0 Å². The summed E-state index contributed by atoms with van der Waals surface area (Å²) in [6, 6.07) is 15.0. The van der Waals surface area contributed by atoms with Crippen molar-refractivity contribution in [3.63, 3.8) is 0 Å². The minimum atomic E-state index is -0.322. The first-order valence-corrected chi connectivity index (χ1v) is 9.33. The number of amides is 2. The molecule has 2 aromatic carbocycles. The van der Waals surface area contributed by atoms with Crippen LogP contribution in [0.15, 0.2) is 53.0 Å². The molecule has 0 unspecified atom stereocenters. The van der Waals surface area contributed by atoms with Crippen LogP contribution < -0.4 is 10.6 Å². The second-order valence-corrected chi connectivity index (χ2v) is 7.61. The van der Waals surface area contributed by atoms with Gasteiger partial charge in [0.05, 0.1) is 11.0 Å². The number of halogens is 1. The van der Waals surface area contributed by atoms with Crippen LogP contribution in [0.2, 0.25) is 0 Å². The third-order valence-electron chi connectivity index (χ3n) is 3.28. The van der Waals surface area contributed by atoms with E-state index in [1.807, 2.05) is 55.5 Å². The van der Waals surface area contributed by atoms with Crippen molar-refractivity contribution in [2.24, 2.45) is 0 Å². The van der Waals surface area contributed by atoms with Crippen molar-refractivity contribution in [1.82, 2.24) is 0 Å². The number of thioether (sulfide) groups is 1. The van der Waals surface area contributed by atoms with Crippen LogP contribution in [0, 0.1) is 6.92 Å². The zero-order valence-electron chi connectivity index (χ0n) is 13.5. The lowest BCUT2D eigenvalue weighted by molar-refractivity contribution is -0.115. The molecule has 0 radical (unpaired) electrons. The molecule has 0 saturated heterocycles. The summed E-state index contributed by atoms with van der Waals surface area (Å²) in [6.07, 6.45) is 0. The summed E-state index contributed by atoms with van der Waals surface area (Å²) < 4.78 is 0.954. The van der Waals surface area contributed by atoms with Gasteiger partial charge < -0.3 is 10.6 Å². The van der Waals surface area contributed by atoms with E-state index < -0.39 is 0 Å². The van der Waals surface area contributed by atoms with Gasteiger partial charge in [0.1, 0.15) is 0 Å². The van der Waals surface area contributed by atoms with E-state index in [9.17, 15) is 9.59 Å². The topological polar surface area (TPSA) is 58.2 Å². The lowest BCUT2D eigenvalue weighted by Gasteiger charge is -2.12. The van der Waals surface area contributed by atoms with Crippen molar-refractivity contribution in [1.29, 1.82) is 0 Å². The molecule has 2 aromatic rings. The van der Waals surface area contributed by atoms with Gasteiger partial charge in [-0.3, -0.25) is 9.59 Å². The fourth-order valence-corrected chi connectivity index (χ4v) is 2.84. The second-order valence-electron chi connectivity index (χ2n) is 5.36. The zero-order valence-corrected chi connectivity index (χ0v) is 15.9. The highest BCUT2D eigenvalue weighted by Crippen LogP contribution is 2.17. The molecule has 1 atom stereocenters. The predicted octanol–water partition coefficient (Wildman–Crippen LogP) is 4.46. The van der Waals surface area contributed by atoms with Gasteiger partial charge in [-0.15, -0.1) is 11.8 Å². The maximum atomic E-state index is 12.1. The van der Waals surface area contributed by atoms with Crippen LogP contribution in [-0.4, -0.2) is 22.8 Å². The molecule has 0 aromatic heterocycles. The molecule has 0 aliphatic carbocycles. The minimum absolute atomic E-state index is 0.118. The van der Waals surface area contributed by atoms with Gasteiger partial charge in [0.2, 0.25) is 11.8 Å². The number of benzene rings is 2. The lowest BCUT2D eigenvalue weighted by atomic mass is 10.2. The van der Waals surface area contributed by atoms with E-state index in [-0.39, 0.29) is 22.8 Å². The third-order valence-corrected chi connectivity index (χ3v) is 4.95. The lowest BCUT2D eigenvalue weighted by Crippen LogP contribution is -2.25. The van der Waals surface area contributed by atoms with E-state index in [1.165, 1.54) is 11.8 Å². The van der Waals surface area contributed by atoms with Crippen LogP contribution >= 0.6 is 27.7 Å². The summed E-state index contributed by atoms with van der Waals surface area (Å²) in [4.78, 5) is 24.1. The average Bonchev–Trinajstić information content (AvgIpc) is 2.57. The standard InChI is InChI=1S/C18H19BrN2O2S/c1-12-3-7-15(8-4-12)20-17(22)11-24-13(2)18(23)21-16-9-5-14(19)6-10-16/h3-10,13H,11H2,1-2H3,(H,20,22)(H,21,23)/t13-/m1/s1. The van der Waals surface area contributed by atoms with E-state index in [1.54, 1.807) is 6.92 Å². The Morgan fingerprint density at radius 1 is 1.00 bits per heavy atom. The fraction of sp³-hybridized carbons (Fsp3) is 0.222. The van der Waals surface area contributed by atoms with Crippen molar-refractivity contribution in [2.75, 3.05) is 16.4 Å². The average molecular weight is 407 g/mol. The molecule has 2 rings (SSSR count). The van der Waals surface area contributed by atoms with Crippen molar-refractivity contribution in [3.8, 4) is 0 Å². The number of nitrogens with one attached hydrogen (secondary N) is 2. The van der Waals surface area contributed by atoms with E-state index >= 15 is 0 Å². The van der Waals surface area contributed by atoms with Gasteiger partial charge in [0.15, 0.2) is 0 Å². The van der Waals surface area contributed by atoms with Gasteiger partial charge >= 0.3 is 0 Å². The number of carbonyl (C=O) groups is 2. The van der Waals surface area contributed by atoms with Crippen LogP contribution in [-0.2, 0) is 9.59 Å². The van der Waals surface area contributed by atoms with Crippen LogP contribution in [0.5, 0.6) is 0 Å². The number of carbonyl (C=O) groups excluding carboxylic acids is 2. The summed E-state index contributed by atoms with van der Waals surface area (Å²) in [5.41, 5.74) is 2.64. The van der Waals surface area contributed by atoms with Crippen molar-refractivity contribution < 1.29 is 9.59 Å². The highest BCUT2D eigenvalue weighted by atomic mass is 79.9. The van der Waals surface area contributed by atoms with E-state index in [0.29, 0.717) is 0 Å². The normalized spacial score (nSPS) is 11.6. The Kier molecular flexibility index (Phi) is 6.87. The smallest absolute Gasteiger partial charge is 0.237 e. The number of hydrogen-bond acceptors (Lipinski definition) is 3. The summed E-state index contributed by atoms with van der Waals surface area (Å²) in [6.45, 7) is 3.78. The number of aryl methyl sites for hydroxylation is 1. The van der Waals surface area contributed by atoms with Gasteiger partial charge in [-0.05, 0) is 50.2 Å². The molecular weight excluding hydrogens is 388 g/mol. The van der Waals surface area contributed by atoms with E-state index in [2.05, 4.69) is 26.6 Å². The molecule has 0 aliphatic rings. The Bertz CT molecular complexity index is 702. The molecule has 4 nitrogen and oxygen atoms in total. The van der Waals surface area contributed by atoms with Gasteiger partial charge in [-0.2, -0.15) is 0 Å². The summed E-state index contributed by atoms with van der Waals surface area (Å²) >= 11 is 4.66. The molecule has 0 aliphatic heterocycles. The summed E-state index contributed by atoms with van der Waals surface area (Å²) in [5, 5.41) is 5.34. The Morgan fingerprint density at radius 3 is 2.17 bits per heavy atom. The summed E-state index contributed by atoms with van der Waals surface area (Å²) in [7, 11) is 0. The predicted molar refractivity (Wildman–Crippen MR) is 105 cm³/mol. The van der Waals surface area contributed by atoms with Gasteiger partial charge in [-0.25, -0.2) is 0 Å². The summed E-state index contributed by atoms with van der Waals surface area (Å²) in [5.74, 6) is -0.0133. The van der Waals surface area contributed by atoms with Gasteiger partial charge in [0.25, 0.3) is 0 Å². The molecular formula is C18H19BrN2O2S. The number of hydrogen-bond donors (Lipinski definition) is 2. The maximum absolute atomic E-state index is 12.1. The van der Waals surface area contributed by atoms with Crippen LogP contribution in [0.4, 0.5) is 11.4 Å². The SMILES string of the molecule is Cc1ccc(NC(=O)CS[C@H](C)C(=O)Nc2ccc(Br)cc2)cc1. The van der Waals surface area contributed by atoms with E-state index in [0.717, 1.165) is 21.4 Å². The highest BCUT2D eigenvalue weighted by Gasteiger charge is 2.15. The Hall–Kier alpha value is -1.79. The van der Waals surface area contributed by atoms with Crippen molar-refractivity contribution >= 4 is 50.9 Å². The van der Waals surface area contributed by atoms with Crippen molar-refractivity contribution in [3.05, 3.63) is 58.6 Å². The molecule has 2 N–H and O–H groups in total. The molecule has 126 valence electrons. The molecule has 6 heteroatoms. The molecule has 2 amide bonds. The highest BCUT2D eigenvalue weighted by molar-refractivity contribution is 9.10. The van der Waals surface area contributed by atoms with Gasteiger partial charge in [-0.1, -0.05) is 33.6 Å². The Labute approximate surface area is 154 Å². The zero-order chi connectivity index (χ0) is 17.5. The maximum Gasteiger partial charge on any atom is 0.237 e. The second kappa shape index (κ2) is 8.89. The van der Waals surface area contributed by atoms with Crippen molar-refractivity contribution in [2.45, 2.75) is 19.1 Å². The molecule has 0 bridgehead atoms. The number of anilines is 2. The molecule has 24 heavy (non-hydrogen) atoms. The minimum Gasteiger partial charge on any atom is -0.325 e. The quantitative estimate of drug-likeness (QED) is 0.744. The first kappa shape index (κ1) is 18.5. The van der Waals surface area contributed by atoms with E-state index in [4.69, 9.17) is 0 Å². The fourth-order valence-electron chi connectivity index (χ4n) is 1.89. The first-order chi connectivity index (χ1) is 11.4. The first-order valence-electron chi connectivity index (χ1n) is 7.48. The van der Waals surface area contributed by atoms with Gasteiger partial charge in [0, 0.05) is 15.8 Å². The number of rotatable bonds is 6. The molecule has 0 heterocycles. The van der Waals surface area contributed by atoms with Crippen LogP contribution in [0.1, 0.15) is 12.5 Å². The monoisotopic (exact) mass is 406 g/mol. The Morgan fingerprint density at radius 2 is 1.54 bits per heavy atom. The Balaban J connectivity index is 1.77. The third kappa shape index (κ3) is 6.02. The molecule has 0 fully saturated rings. The molecule has 0 spiro atoms. The molecule has 0 saturated carbocycles. The largest absolute Gasteiger partial charge is 0.325 e. The van der Waals surface area contributed by atoms with Crippen LogP contribution in [0.25, 0.3) is 0 Å².